The van der Waals surface area contributed by atoms with E-state index in [2.05, 4.69) is 0 Å². The molecule has 1 unspecified atom stereocenters. The SMILES string of the molecule is OC(CCc1cccs1)c1cccc(F)c1Cl. The lowest BCUT2D eigenvalue weighted by Crippen LogP contribution is -2.01. The second kappa shape index (κ2) is 5.63. The first-order chi connectivity index (χ1) is 8.18. The molecule has 1 N–H and O–H groups in total. The van der Waals surface area contributed by atoms with Crippen molar-refractivity contribution in [2.24, 2.45) is 0 Å². The zero-order valence-electron chi connectivity index (χ0n) is 9.07. The molecule has 1 aromatic heterocycles. The van der Waals surface area contributed by atoms with Crippen LogP contribution in [0, 0.1) is 5.82 Å². The number of rotatable bonds is 4. The van der Waals surface area contributed by atoms with E-state index in [0.29, 0.717) is 12.0 Å². The van der Waals surface area contributed by atoms with E-state index >= 15 is 0 Å². The van der Waals surface area contributed by atoms with Gasteiger partial charge in [0.15, 0.2) is 0 Å². The molecule has 2 aromatic rings. The van der Waals surface area contributed by atoms with E-state index in [-0.39, 0.29) is 5.02 Å². The Labute approximate surface area is 108 Å². The summed E-state index contributed by atoms with van der Waals surface area (Å²) in [5.74, 6) is -0.487. The molecule has 0 saturated carbocycles. The number of thiophene rings is 1. The van der Waals surface area contributed by atoms with E-state index in [4.69, 9.17) is 11.6 Å². The highest BCUT2D eigenvalue weighted by Gasteiger charge is 2.14. The highest BCUT2D eigenvalue weighted by atomic mass is 35.5. The van der Waals surface area contributed by atoms with Crippen molar-refractivity contribution in [1.29, 1.82) is 0 Å². The van der Waals surface area contributed by atoms with Crippen LogP contribution in [0.4, 0.5) is 4.39 Å². The van der Waals surface area contributed by atoms with Gasteiger partial charge in [-0.3, -0.25) is 0 Å². The van der Waals surface area contributed by atoms with E-state index in [1.165, 1.54) is 10.9 Å². The quantitative estimate of drug-likeness (QED) is 0.882. The fourth-order valence-electron chi connectivity index (χ4n) is 1.67. The summed E-state index contributed by atoms with van der Waals surface area (Å²) in [6.45, 7) is 0. The lowest BCUT2D eigenvalue weighted by atomic mass is 10.0. The summed E-state index contributed by atoms with van der Waals surface area (Å²) in [6.07, 6.45) is 0.593. The largest absolute Gasteiger partial charge is 0.388 e. The van der Waals surface area contributed by atoms with Crippen molar-refractivity contribution < 1.29 is 9.50 Å². The van der Waals surface area contributed by atoms with Gasteiger partial charge in [-0.1, -0.05) is 29.8 Å². The van der Waals surface area contributed by atoms with E-state index in [0.717, 1.165) is 6.42 Å². The van der Waals surface area contributed by atoms with Gasteiger partial charge in [0, 0.05) is 10.4 Å². The van der Waals surface area contributed by atoms with Gasteiger partial charge in [-0.15, -0.1) is 11.3 Å². The van der Waals surface area contributed by atoms with Crippen LogP contribution in [0.2, 0.25) is 5.02 Å². The van der Waals surface area contributed by atoms with Gasteiger partial charge in [0.05, 0.1) is 11.1 Å². The van der Waals surface area contributed by atoms with Crippen molar-refractivity contribution in [2.75, 3.05) is 0 Å². The highest BCUT2D eigenvalue weighted by molar-refractivity contribution is 7.09. The van der Waals surface area contributed by atoms with Gasteiger partial charge in [0.2, 0.25) is 0 Å². The van der Waals surface area contributed by atoms with Crippen LogP contribution in [0.15, 0.2) is 35.7 Å². The summed E-state index contributed by atoms with van der Waals surface area (Å²) >= 11 is 7.47. The molecular formula is C13H12ClFOS. The third-order valence-electron chi connectivity index (χ3n) is 2.58. The third kappa shape index (κ3) is 3.06. The zero-order valence-corrected chi connectivity index (χ0v) is 10.6. The Kier molecular flexibility index (Phi) is 4.15. The molecule has 1 nitrogen and oxygen atoms in total. The Morgan fingerprint density at radius 1 is 1.29 bits per heavy atom. The van der Waals surface area contributed by atoms with Crippen molar-refractivity contribution in [3.63, 3.8) is 0 Å². The van der Waals surface area contributed by atoms with E-state index in [1.807, 2.05) is 17.5 Å². The smallest absolute Gasteiger partial charge is 0.142 e. The molecule has 0 spiro atoms. The Morgan fingerprint density at radius 2 is 2.12 bits per heavy atom. The Balaban J connectivity index is 2.04. The number of aryl methyl sites for hydroxylation is 1. The van der Waals surface area contributed by atoms with Crippen LogP contribution < -0.4 is 0 Å². The normalized spacial score (nSPS) is 12.6. The van der Waals surface area contributed by atoms with Crippen LogP contribution in [0.1, 0.15) is 23.0 Å². The van der Waals surface area contributed by atoms with E-state index < -0.39 is 11.9 Å². The molecule has 2 rings (SSSR count). The molecule has 1 heterocycles. The monoisotopic (exact) mass is 270 g/mol. The molecular weight excluding hydrogens is 259 g/mol. The summed E-state index contributed by atoms with van der Waals surface area (Å²) in [5, 5.41) is 12.0. The van der Waals surface area contributed by atoms with Crippen LogP contribution in [-0.2, 0) is 6.42 Å². The number of hydrogen-bond donors (Lipinski definition) is 1. The van der Waals surface area contributed by atoms with Crippen LogP contribution in [0.3, 0.4) is 0 Å². The molecule has 0 aliphatic heterocycles. The van der Waals surface area contributed by atoms with Gasteiger partial charge in [0.25, 0.3) is 0 Å². The van der Waals surface area contributed by atoms with Gasteiger partial charge >= 0.3 is 0 Å². The standard InChI is InChI=1S/C13H12ClFOS/c14-13-10(4-1-5-11(13)15)12(16)7-6-9-3-2-8-17-9/h1-5,8,12,16H,6-7H2. The Hall–Kier alpha value is -0.900. The minimum atomic E-state index is -0.722. The number of aliphatic hydroxyl groups excluding tert-OH is 1. The summed E-state index contributed by atoms with van der Waals surface area (Å²) < 4.78 is 13.2. The van der Waals surface area contributed by atoms with Gasteiger partial charge in [0.1, 0.15) is 5.82 Å². The number of benzene rings is 1. The Bertz CT molecular complexity index is 484. The highest BCUT2D eigenvalue weighted by Crippen LogP contribution is 2.28. The molecule has 0 saturated heterocycles. The van der Waals surface area contributed by atoms with Gasteiger partial charge in [-0.2, -0.15) is 0 Å². The molecule has 0 aliphatic carbocycles. The molecule has 90 valence electrons. The molecule has 17 heavy (non-hydrogen) atoms. The maximum Gasteiger partial charge on any atom is 0.142 e. The minimum Gasteiger partial charge on any atom is -0.388 e. The molecule has 0 amide bonds. The van der Waals surface area contributed by atoms with Crippen molar-refractivity contribution in [1.82, 2.24) is 0 Å². The van der Waals surface area contributed by atoms with E-state index in [1.54, 1.807) is 23.5 Å². The minimum absolute atomic E-state index is 0.0196. The van der Waals surface area contributed by atoms with Crippen LogP contribution in [-0.4, -0.2) is 5.11 Å². The second-order valence-electron chi connectivity index (χ2n) is 3.78. The summed E-state index contributed by atoms with van der Waals surface area (Å²) in [7, 11) is 0. The maximum atomic E-state index is 13.2. The van der Waals surface area contributed by atoms with E-state index in [9.17, 15) is 9.50 Å². The molecule has 0 fully saturated rings. The lowest BCUT2D eigenvalue weighted by Gasteiger charge is -2.12. The fraction of sp³-hybridized carbons (Fsp3) is 0.231. The Morgan fingerprint density at radius 3 is 2.82 bits per heavy atom. The molecule has 1 aromatic carbocycles. The summed E-state index contributed by atoms with van der Waals surface area (Å²) in [6, 6.07) is 8.50. The topological polar surface area (TPSA) is 20.2 Å². The van der Waals surface area contributed by atoms with Gasteiger partial charge in [-0.05, 0) is 30.4 Å². The predicted octanol–water partition coefficient (Wildman–Crippen LogP) is 4.21. The maximum absolute atomic E-state index is 13.2. The predicted molar refractivity (Wildman–Crippen MR) is 69.0 cm³/mol. The zero-order chi connectivity index (χ0) is 12.3. The van der Waals surface area contributed by atoms with Crippen LogP contribution in [0.25, 0.3) is 0 Å². The molecule has 0 bridgehead atoms. The summed E-state index contributed by atoms with van der Waals surface area (Å²) in [4.78, 5) is 1.21. The molecule has 1 atom stereocenters. The van der Waals surface area contributed by atoms with Gasteiger partial charge in [-0.25, -0.2) is 4.39 Å². The average molecular weight is 271 g/mol. The lowest BCUT2D eigenvalue weighted by molar-refractivity contribution is 0.168. The van der Waals surface area contributed by atoms with Crippen molar-refractivity contribution in [3.8, 4) is 0 Å². The molecule has 0 aliphatic rings. The second-order valence-corrected chi connectivity index (χ2v) is 5.19. The van der Waals surface area contributed by atoms with Crippen molar-refractivity contribution in [3.05, 3.63) is 57.0 Å². The third-order valence-corrected chi connectivity index (χ3v) is 3.92. The average Bonchev–Trinajstić information content (AvgIpc) is 2.82. The summed E-state index contributed by atoms with van der Waals surface area (Å²) in [5.41, 5.74) is 0.461. The number of halogens is 2. The van der Waals surface area contributed by atoms with Gasteiger partial charge < -0.3 is 5.11 Å². The first-order valence-corrected chi connectivity index (χ1v) is 6.58. The van der Waals surface area contributed by atoms with Crippen LogP contribution in [0.5, 0.6) is 0 Å². The number of hydrogen-bond acceptors (Lipinski definition) is 2. The fourth-order valence-corrected chi connectivity index (χ4v) is 2.64. The van der Waals surface area contributed by atoms with Crippen molar-refractivity contribution >= 4 is 22.9 Å². The van der Waals surface area contributed by atoms with Crippen LogP contribution >= 0.6 is 22.9 Å². The molecule has 4 heteroatoms. The number of aliphatic hydroxyl groups is 1. The molecule has 0 radical (unpaired) electrons. The first-order valence-electron chi connectivity index (χ1n) is 5.33. The van der Waals surface area contributed by atoms with Crippen molar-refractivity contribution in [2.45, 2.75) is 18.9 Å². The first kappa shape index (κ1) is 12.6.